The van der Waals surface area contributed by atoms with Crippen molar-refractivity contribution in [1.29, 1.82) is 0 Å². The highest BCUT2D eigenvalue weighted by Crippen LogP contribution is 2.28. The van der Waals surface area contributed by atoms with Gasteiger partial charge in [-0.3, -0.25) is 4.79 Å². The molecule has 0 saturated carbocycles. The average Bonchev–Trinajstić information content (AvgIpc) is 2.86. The molecule has 1 aliphatic rings. The number of benzene rings is 1. The van der Waals surface area contributed by atoms with Crippen LogP contribution in [0.25, 0.3) is 0 Å². The fraction of sp³-hybridized carbons (Fsp3) is 0.588. The lowest BCUT2D eigenvalue weighted by atomic mass is 9.99. The van der Waals surface area contributed by atoms with E-state index in [0.717, 1.165) is 19.4 Å². The van der Waals surface area contributed by atoms with E-state index < -0.39 is 11.9 Å². The lowest BCUT2D eigenvalue weighted by molar-refractivity contribution is -0.139. The Hall–Kier alpha value is -1.58. The number of likely N-dealkylation sites (tertiary alicyclic amines) is 1. The third kappa shape index (κ3) is 3.36. The highest BCUT2D eigenvalue weighted by atomic mass is 19.1. The molecular formula is C17H24FNO2. The van der Waals surface area contributed by atoms with Crippen molar-refractivity contribution in [2.75, 3.05) is 6.54 Å². The van der Waals surface area contributed by atoms with Crippen LogP contribution < -0.4 is 4.74 Å². The molecule has 21 heavy (non-hydrogen) atoms. The Bertz CT molecular complexity index is 491. The van der Waals surface area contributed by atoms with E-state index in [1.165, 1.54) is 6.07 Å². The van der Waals surface area contributed by atoms with Crippen LogP contribution in [0.3, 0.4) is 0 Å². The number of carbonyl (C=O) groups excluding carboxylic acids is 1. The third-order valence-corrected chi connectivity index (χ3v) is 4.47. The SMILES string of the molecule is CC[C@@H]1CCN(C(=O)[C@H](CC)Oc2ccccc2F)[C@@H]1C. The molecule has 1 heterocycles. The molecular weight excluding hydrogens is 269 g/mol. The fourth-order valence-electron chi connectivity index (χ4n) is 3.05. The molecule has 1 aliphatic heterocycles. The van der Waals surface area contributed by atoms with Gasteiger partial charge in [0.05, 0.1) is 0 Å². The molecule has 2 rings (SSSR count). The predicted molar refractivity (Wildman–Crippen MR) is 80.7 cm³/mol. The largest absolute Gasteiger partial charge is 0.478 e. The molecule has 0 bridgehead atoms. The van der Waals surface area contributed by atoms with Crippen LogP contribution in [0, 0.1) is 11.7 Å². The second kappa shape index (κ2) is 6.92. The Balaban J connectivity index is 2.07. The molecule has 116 valence electrons. The molecule has 3 atom stereocenters. The zero-order chi connectivity index (χ0) is 15.4. The van der Waals surface area contributed by atoms with Gasteiger partial charge in [0.25, 0.3) is 5.91 Å². The van der Waals surface area contributed by atoms with Crippen LogP contribution in [-0.4, -0.2) is 29.5 Å². The summed E-state index contributed by atoms with van der Waals surface area (Å²) in [5.41, 5.74) is 0. The van der Waals surface area contributed by atoms with E-state index in [2.05, 4.69) is 13.8 Å². The molecule has 3 nitrogen and oxygen atoms in total. The minimum Gasteiger partial charge on any atom is -0.478 e. The van der Waals surface area contributed by atoms with Crippen molar-refractivity contribution in [3.05, 3.63) is 30.1 Å². The average molecular weight is 293 g/mol. The minimum absolute atomic E-state index is 0.0239. The van der Waals surface area contributed by atoms with Crippen LogP contribution in [0.2, 0.25) is 0 Å². The summed E-state index contributed by atoms with van der Waals surface area (Å²) in [4.78, 5) is 14.5. The molecule has 0 spiro atoms. The van der Waals surface area contributed by atoms with Gasteiger partial charge in [-0.1, -0.05) is 32.4 Å². The van der Waals surface area contributed by atoms with E-state index in [0.29, 0.717) is 12.3 Å². The van der Waals surface area contributed by atoms with Gasteiger partial charge in [-0.05, 0) is 37.8 Å². The Morgan fingerprint density at radius 2 is 2.14 bits per heavy atom. The molecule has 1 aromatic carbocycles. The molecule has 1 fully saturated rings. The first kappa shape index (κ1) is 15.8. The highest BCUT2D eigenvalue weighted by molar-refractivity contribution is 5.81. The van der Waals surface area contributed by atoms with E-state index >= 15 is 0 Å². The summed E-state index contributed by atoms with van der Waals surface area (Å²) in [7, 11) is 0. The summed E-state index contributed by atoms with van der Waals surface area (Å²) in [6, 6.07) is 6.47. The third-order valence-electron chi connectivity index (χ3n) is 4.47. The van der Waals surface area contributed by atoms with Gasteiger partial charge in [-0.15, -0.1) is 0 Å². The lowest BCUT2D eigenvalue weighted by Crippen LogP contribution is -2.44. The monoisotopic (exact) mass is 293 g/mol. The van der Waals surface area contributed by atoms with Crippen molar-refractivity contribution in [2.24, 2.45) is 5.92 Å². The zero-order valence-corrected chi connectivity index (χ0v) is 13.0. The molecule has 0 aliphatic carbocycles. The number of ether oxygens (including phenoxy) is 1. The predicted octanol–water partition coefficient (Wildman–Crippen LogP) is 3.63. The first-order valence-corrected chi connectivity index (χ1v) is 7.80. The number of rotatable bonds is 5. The normalized spacial score (nSPS) is 23.1. The van der Waals surface area contributed by atoms with Gasteiger partial charge < -0.3 is 9.64 Å². The standard InChI is InChI=1S/C17H24FNO2/c1-4-13-10-11-19(12(13)3)17(20)15(5-2)21-16-9-7-6-8-14(16)18/h6-9,12-13,15H,4-5,10-11H2,1-3H3/t12-,13-,15+/m1/s1. The number of carbonyl (C=O) groups is 1. The van der Waals surface area contributed by atoms with Crippen molar-refractivity contribution >= 4 is 5.91 Å². The van der Waals surface area contributed by atoms with Gasteiger partial charge in [0.2, 0.25) is 0 Å². The van der Waals surface area contributed by atoms with E-state index in [-0.39, 0.29) is 17.7 Å². The zero-order valence-electron chi connectivity index (χ0n) is 13.0. The molecule has 0 aromatic heterocycles. The van der Waals surface area contributed by atoms with Crippen LogP contribution in [0.1, 0.15) is 40.0 Å². The quantitative estimate of drug-likeness (QED) is 0.829. The summed E-state index contributed by atoms with van der Waals surface area (Å²) in [5, 5.41) is 0. The van der Waals surface area contributed by atoms with Crippen LogP contribution in [0.5, 0.6) is 5.75 Å². The first-order chi connectivity index (χ1) is 10.1. The molecule has 4 heteroatoms. The van der Waals surface area contributed by atoms with Gasteiger partial charge in [-0.2, -0.15) is 0 Å². The van der Waals surface area contributed by atoms with Crippen molar-refractivity contribution in [1.82, 2.24) is 4.90 Å². The van der Waals surface area contributed by atoms with Gasteiger partial charge in [0.1, 0.15) is 0 Å². The first-order valence-electron chi connectivity index (χ1n) is 7.80. The number of para-hydroxylation sites is 1. The summed E-state index contributed by atoms with van der Waals surface area (Å²) in [6.45, 7) is 6.91. The van der Waals surface area contributed by atoms with E-state index in [1.807, 2.05) is 11.8 Å². The number of hydrogen-bond acceptors (Lipinski definition) is 2. The summed E-state index contributed by atoms with van der Waals surface area (Å²) in [6.07, 6.45) is 2.04. The second-order valence-corrected chi connectivity index (χ2v) is 5.67. The van der Waals surface area contributed by atoms with Crippen molar-refractivity contribution in [3.8, 4) is 5.75 Å². The smallest absolute Gasteiger partial charge is 0.263 e. The lowest BCUT2D eigenvalue weighted by Gasteiger charge is -2.28. The minimum atomic E-state index is -0.611. The Labute approximate surface area is 126 Å². The second-order valence-electron chi connectivity index (χ2n) is 5.67. The van der Waals surface area contributed by atoms with Gasteiger partial charge >= 0.3 is 0 Å². The number of halogens is 1. The van der Waals surface area contributed by atoms with Gasteiger partial charge in [0, 0.05) is 12.6 Å². The maximum absolute atomic E-state index is 13.7. The van der Waals surface area contributed by atoms with Gasteiger partial charge in [-0.25, -0.2) is 4.39 Å². The Morgan fingerprint density at radius 1 is 1.43 bits per heavy atom. The topological polar surface area (TPSA) is 29.5 Å². The Morgan fingerprint density at radius 3 is 2.71 bits per heavy atom. The summed E-state index contributed by atoms with van der Waals surface area (Å²) >= 11 is 0. The van der Waals surface area contributed by atoms with Crippen molar-refractivity contribution in [2.45, 2.75) is 52.2 Å². The highest BCUT2D eigenvalue weighted by Gasteiger charge is 2.36. The molecule has 0 radical (unpaired) electrons. The van der Waals surface area contributed by atoms with Crippen molar-refractivity contribution in [3.63, 3.8) is 0 Å². The molecule has 1 amide bonds. The summed E-state index contributed by atoms with van der Waals surface area (Å²) in [5.74, 6) is 0.255. The fourth-order valence-corrected chi connectivity index (χ4v) is 3.05. The maximum atomic E-state index is 13.7. The molecule has 1 saturated heterocycles. The summed E-state index contributed by atoms with van der Waals surface area (Å²) < 4.78 is 19.3. The molecule has 0 unspecified atom stereocenters. The van der Waals surface area contributed by atoms with Crippen LogP contribution in [-0.2, 0) is 4.79 Å². The maximum Gasteiger partial charge on any atom is 0.263 e. The van der Waals surface area contributed by atoms with E-state index in [4.69, 9.17) is 4.74 Å². The molecule has 0 N–H and O–H groups in total. The van der Waals surface area contributed by atoms with E-state index in [9.17, 15) is 9.18 Å². The Kier molecular flexibility index (Phi) is 5.21. The van der Waals surface area contributed by atoms with Crippen molar-refractivity contribution < 1.29 is 13.9 Å². The number of hydrogen-bond donors (Lipinski definition) is 0. The van der Waals surface area contributed by atoms with Crippen LogP contribution in [0.4, 0.5) is 4.39 Å². The van der Waals surface area contributed by atoms with Gasteiger partial charge in [0.15, 0.2) is 17.7 Å². The van der Waals surface area contributed by atoms with Crippen LogP contribution >= 0.6 is 0 Å². The van der Waals surface area contributed by atoms with Crippen LogP contribution in [0.15, 0.2) is 24.3 Å². The van der Waals surface area contributed by atoms with E-state index in [1.54, 1.807) is 18.2 Å². The molecule has 1 aromatic rings. The number of amides is 1. The number of nitrogens with zero attached hydrogens (tertiary/aromatic N) is 1.